The minimum Gasteiger partial charge on any atom is -0.497 e. The minimum atomic E-state index is -1.49. The van der Waals surface area contributed by atoms with Gasteiger partial charge in [0.15, 0.2) is 4.80 Å². The lowest BCUT2D eigenvalue weighted by Crippen LogP contribution is -2.20. The summed E-state index contributed by atoms with van der Waals surface area (Å²) in [5.41, 5.74) is 0.852. The third kappa shape index (κ3) is 3.44. The summed E-state index contributed by atoms with van der Waals surface area (Å²) in [6.45, 7) is -1.44. The first kappa shape index (κ1) is 15.6. The molecular formula is C11H11Cl2N2O3PS. The number of hydrogen-bond acceptors (Lipinski definition) is 5. The van der Waals surface area contributed by atoms with Crippen molar-refractivity contribution in [2.75, 3.05) is 14.2 Å². The lowest BCUT2D eigenvalue weighted by atomic mass is 10.3. The normalized spacial score (nSPS) is 12.2. The minimum absolute atomic E-state index is 0.0542. The summed E-state index contributed by atoms with van der Waals surface area (Å²) < 4.78 is 16.7. The van der Waals surface area contributed by atoms with Gasteiger partial charge in [-0.25, -0.2) is 4.76 Å². The van der Waals surface area contributed by atoms with Crippen LogP contribution in [0.1, 0.15) is 0 Å². The molecule has 0 N–H and O–H groups in total. The summed E-state index contributed by atoms with van der Waals surface area (Å²) in [6.07, 6.45) is 0. The maximum atomic E-state index is 11.5. The van der Waals surface area contributed by atoms with E-state index in [2.05, 4.69) is 4.76 Å². The Bertz CT molecular complexity index is 699. The number of esters is 1. The van der Waals surface area contributed by atoms with Gasteiger partial charge in [-0.15, -0.1) is 0 Å². The smallest absolute Gasteiger partial charge is 0.325 e. The van der Waals surface area contributed by atoms with Gasteiger partial charge in [0.25, 0.3) is 0 Å². The number of thiazole rings is 1. The summed E-state index contributed by atoms with van der Waals surface area (Å²) >= 11 is 12.9. The van der Waals surface area contributed by atoms with E-state index < -0.39 is 6.78 Å². The maximum Gasteiger partial charge on any atom is 0.325 e. The molecule has 0 radical (unpaired) electrons. The zero-order chi connectivity index (χ0) is 14.7. The lowest BCUT2D eigenvalue weighted by molar-refractivity contribution is -0.141. The predicted molar refractivity (Wildman–Crippen MR) is 82.6 cm³/mol. The van der Waals surface area contributed by atoms with Crippen molar-refractivity contribution in [3.63, 3.8) is 0 Å². The first-order chi connectivity index (χ1) is 9.55. The highest BCUT2D eigenvalue weighted by Crippen LogP contribution is 2.47. The van der Waals surface area contributed by atoms with E-state index in [9.17, 15) is 4.79 Å². The van der Waals surface area contributed by atoms with Crippen LogP contribution >= 0.6 is 40.6 Å². The van der Waals surface area contributed by atoms with Gasteiger partial charge in [-0.05, 0) is 18.2 Å². The molecule has 0 saturated carbocycles. The molecule has 0 aliphatic rings. The molecule has 0 atom stereocenters. The van der Waals surface area contributed by atoms with Crippen molar-refractivity contribution in [3.8, 4) is 5.75 Å². The van der Waals surface area contributed by atoms with E-state index in [1.54, 1.807) is 11.7 Å². The van der Waals surface area contributed by atoms with E-state index in [0.717, 1.165) is 16.0 Å². The van der Waals surface area contributed by atoms with Crippen LogP contribution in [-0.4, -0.2) is 24.8 Å². The van der Waals surface area contributed by atoms with Crippen LogP contribution in [0.15, 0.2) is 23.0 Å². The van der Waals surface area contributed by atoms with Gasteiger partial charge < -0.3 is 14.0 Å². The zero-order valence-corrected chi connectivity index (χ0v) is 13.9. The van der Waals surface area contributed by atoms with Crippen molar-refractivity contribution in [2.45, 2.75) is 6.54 Å². The fraction of sp³-hybridized carbons (Fsp3) is 0.273. The van der Waals surface area contributed by atoms with E-state index in [1.165, 1.54) is 18.4 Å². The Hall–Kier alpha value is -0.810. The fourth-order valence-corrected chi connectivity index (χ4v) is 3.94. The van der Waals surface area contributed by atoms with Gasteiger partial charge in [-0.2, -0.15) is 0 Å². The van der Waals surface area contributed by atoms with Crippen LogP contribution in [0.3, 0.4) is 0 Å². The first-order valence-electron chi connectivity index (χ1n) is 5.45. The molecule has 1 heterocycles. The number of nitrogens with zero attached hydrogens (tertiary/aromatic N) is 2. The molecule has 0 unspecified atom stereocenters. The summed E-state index contributed by atoms with van der Waals surface area (Å²) in [7, 11) is 2.94. The Morgan fingerprint density at radius 2 is 2.20 bits per heavy atom. The molecule has 108 valence electrons. The lowest BCUT2D eigenvalue weighted by Gasteiger charge is -2.04. The molecule has 0 amide bonds. The second-order valence-electron chi connectivity index (χ2n) is 3.70. The van der Waals surface area contributed by atoms with Gasteiger partial charge in [0.1, 0.15) is 12.3 Å². The molecule has 0 saturated heterocycles. The van der Waals surface area contributed by atoms with Gasteiger partial charge in [-0.1, -0.05) is 33.8 Å². The number of fused-ring (bicyclic) bond motifs is 1. The van der Waals surface area contributed by atoms with E-state index in [4.69, 9.17) is 32.0 Å². The summed E-state index contributed by atoms with van der Waals surface area (Å²) in [4.78, 5) is 12.1. The average molecular weight is 353 g/mol. The largest absolute Gasteiger partial charge is 0.497 e. The van der Waals surface area contributed by atoms with Crippen molar-refractivity contribution in [2.24, 2.45) is 4.76 Å². The quantitative estimate of drug-likeness (QED) is 0.625. The van der Waals surface area contributed by atoms with Crippen molar-refractivity contribution in [1.29, 1.82) is 0 Å². The number of methoxy groups -OCH3 is 2. The molecule has 2 aromatic rings. The van der Waals surface area contributed by atoms with E-state index in [-0.39, 0.29) is 12.5 Å². The SMILES string of the molecule is COC(=O)Cn1c(=NP(Cl)Cl)sc2cc(OC)ccc21. The second kappa shape index (κ2) is 6.76. The molecule has 0 fully saturated rings. The van der Waals surface area contributed by atoms with Crippen LogP contribution in [-0.2, 0) is 16.1 Å². The Balaban J connectivity index is 2.63. The van der Waals surface area contributed by atoms with Gasteiger partial charge in [-0.3, -0.25) is 4.79 Å². The van der Waals surface area contributed by atoms with Crippen molar-refractivity contribution < 1.29 is 14.3 Å². The van der Waals surface area contributed by atoms with E-state index >= 15 is 0 Å². The molecule has 1 aromatic carbocycles. The third-order valence-electron chi connectivity index (χ3n) is 2.57. The highest BCUT2D eigenvalue weighted by atomic mass is 35.9. The van der Waals surface area contributed by atoms with Crippen LogP contribution in [0.4, 0.5) is 0 Å². The Kier molecular flexibility index (Phi) is 5.27. The van der Waals surface area contributed by atoms with Crippen LogP contribution in [0.25, 0.3) is 10.2 Å². The number of carbonyl (C=O) groups excluding carboxylic acids is 1. The van der Waals surface area contributed by atoms with Gasteiger partial charge in [0, 0.05) is 0 Å². The van der Waals surface area contributed by atoms with Crippen LogP contribution in [0.5, 0.6) is 5.75 Å². The Morgan fingerprint density at radius 3 is 2.80 bits per heavy atom. The molecule has 0 spiro atoms. The van der Waals surface area contributed by atoms with Crippen LogP contribution < -0.4 is 9.54 Å². The van der Waals surface area contributed by atoms with Crippen molar-refractivity contribution >= 4 is 56.8 Å². The monoisotopic (exact) mass is 352 g/mol. The third-order valence-corrected chi connectivity index (χ3v) is 4.54. The van der Waals surface area contributed by atoms with Gasteiger partial charge in [0.2, 0.25) is 6.78 Å². The Morgan fingerprint density at radius 1 is 1.45 bits per heavy atom. The number of hydrogen-bond donors (Lipinski definition) is 0. The van der Waals surface area contributed by atoms with Crippen LogP contribution in [0, 0.1) is 0 Å². The Labute approximate surface area is 130 Å². The fourth-order valence-electron chi connectivity index (χ4n) is 1.67. The number of halogens is 2. The summed E-state index contributed by atoms with van der Waals surface area (Å²) in [5, 5.41) is 0. The van der Waals surface area contributed by atoms with Crippen molar-refractivity contribution in [1.82, 2.24) is 4.57 Å². The predicted octanol–water partition coefficient (Wildman–Crippen LogP) is 3.49. The molecule has 2 rings (SSSR count). The number of ether oxygens (including phenoxy) is 2. The molecule has 0 aliphatic heterocycles. The number of carbonyl (C=O) groups is 1. The molecule has 9 heteroatoms. The molecule has 20 heavy (non-hydrogen) atoms. The summed E-state index contributed by atoms with van der Waals surface area (Å²) in [6, 6.07) is 5.55. The second-order valence-corrected chi connectivity index (χ2v) is 7.78. The zero-order valence-electron chi connectivity index (χ0n) is 10.7. The molecular weight excluding hydrogens is 342 g/mol. The highest BCUT2D eigenvalue weighted by Gasteiger charge is 2.12. The van der Waals surface area contributed by atoms with E-state index in [0.29, 0.717) is 4.80 Å². The number of aromatic nitrogens is 1. The molecule has 5 nitrogen and oxygen atoms in total. The highest BCUT2D eigenvalue weighted by molar-refractivity contribution is 8.02. The average Bonchev–Trinajstić information content (AvgIpc) is 2.74. The summed E-state index contributed by atoms with van der Waals surface area (Å²) in [5.74, 6) is 0.366. The van der Waals surface area contributed by atoms with Crippen molar-refractivity contribution in [3.05, 3.63) is 23.0 Å². The topological polar surface area (TPSA) is 52.8 Å². The number of benzene rings is 1. The standard InChI is InChI=1S/C11H11Cl2N2O3PS/c1-17-7-3-4-8-9(5-7)20-11(14-19(12)13)15(8)6-10(16)18-2/h3-5H,6H2,1-2H3. The maximum absolute atomic E-state index is 11.5. The molecule has 1 aromatic heterocycles. The molecule has 0 aliphatic carbocycles. The van der Waals surface area contributed by atoms with Crippen LogP contribution in [0.2, 0.25) is 0 Å². The van der Waals surface area contributed by atoms with E-state index in [1.807, 2.05) is 18.2 Å². The first-order valence-corrected chi connectivity index (χ1v) is 9.37. The van der Waals surface area contributed by atoms with Gasteiger partial charge in [0.05, 0.1) is 24.4 Å². The molecule has 0 bridgehead atoms. The van der Waals surface area contributed by atoms with Gasteiger partial charge >= 0.3 is 5.97 Å². The number of rotatable bonds is 4.